The van der Waals surface area contributed by atoms with E-state index in [0.29, 0.717) is 13.0 Å². The Bertz CT molecular complexity index is 727. The molecule has 1 saturated carbocycles. The molecule has 1 aromatic heterocycles. The molecule has 1 aromatic carbocycles. The summed E-state index contributed by atoms with van der Waals surface area (Å²) in [7, 11) is 0. The third-order valence-electron chi connectivity index (χ3n) is 4.99. The number of furan rings is 1. The zero-order valence-corrected chi connectivity index (χ0v) is 14.1. The predicted octanol–water partition coefficient (Wildman–Crippen LogP) is 3.99. The Morgan fingerprint density at radius 3 is 2.58 bits per heavy atom. The van der Waals surface area contributed by atoms with Crippen molar-refractivity contribution in [2.45, 2.75) is 45.6 Å². The van der Waals surface area contributed by atoms with Crippen molar-refractivity contribution in [3.63, 3.8) is 0 Å². The van der Waals surface area contributed by atoms with Crippen LogP contribution in [0.3, 0.4) is 0 Å². The van der Waals surface area contributed by atoms with E-state index in [9.17, 15) is 9.59 Å². The van der Waals surface area contributed by atoms with Crippen molar-refractivity contribution in [3.05, 3.63) is 36.1 Å². The molecule has 1 atom stereocenters. The summed E-state index contributed by atoms with van der Waals surface area (Å²) < 4.78 is 5.89. The van der Waals surface area contributed by atoms with Crippen molar-refractivity contribution in [3.8, 4) is 0 Å². The lowest BCUT2D eigenvalue weighted by atomic mass is 9.97. The Kier molecular flexibility index (Phi) is 4.35. The maximum atomic E-state index is 12.7. The van der Waals surface area contributed by atoms with Gasteiger partial charge in [-0.25, -0.2) is 0 Å². The molecule has 1 aliphatic carbocycles. The van der Waals surface area contributed by atoms with Crippen LogP contribution in [0.25, 0.3) is 11.0 Å². The largest absolute Gasteiger partial charge is 0.481 e. The maximum Gasteiger partial charge on any atom is 0.303 e. The van der Waals surface area contributed by atoms with Gasteiger partial charge in [-0.1, -0.05) is 18.2 Å². The van der Waals surface area contributed by atoms with Crippen molar-refractivity contribution in [1.82, 2.24) is 4.90 Å². The predicted molar refractivity (Wildman–Crippen MR) is 90.6 cm³/mol. The molecule has 0 spiro atoms. The van der Waals surface area contributed by atoms with Gasteiger partial charge in [0.15, 0.2) is 0 Å². The molecule has 3 rings (SSSR count). The molecule has 1 N–H and O–H groups in total. The van der Waals surface area contributed by atoms with Gasteiger partial charge in [-0.2, -0.15) is 0 Å². The van der Waals surface area contributed by atoms with Gasteiger partial charge in [0.25, 0.3) is 0 Å². The third kappa shape index (κ3) is 3.30. The molecule has 1 amide bonds. The number of benzene rings is 1. The fourth-order valence-electron chi connectivity index (χ4n) is 3.36. The Balaban J connectivity index is 1.75. The zero-order chi connectivity index (χ0) is 17.3. The average molecular weight is 329 g/mol. The molecule has 24 heavy (non-hydrogen) atoms. The van der Waals surface area contributed by atoms with Gasteiger partial charge in [0.2, 0.25) is 5.91 Å². The number of carbonyl (C=O) groups excluding carboxylic acids is 1. The van der Waals surface area contributed by atoms with E-state index in [4.69, 9.17) is 9.52 Å². The van der Waals surface area contributed by atoms with Crippen molar-refractivity contribution in [2.24, 2.45) is 5.41 Å². The molecule has 5 heteroatoms. The highest BCUT2D eigenvalue weighted by Gasteiger charge is 2.47. The van der Waals surface area contributed by atoms with Gasteiger partial charge in [-0.05, 0) is 44.2 Å². The third-order valence-corrected chi connectivity index (χ3v) is 4.99. The molecule has 0 radical (unpaired) electrons. The van der Waals surface area contributed by atoms with Crippen LogP contribution < -0.4 is 0 Å². The Morgan fingerprint density at radius 1 is 1.29 bits per heavy atom. The first-order chi connectivity index (χ1) is 11.4. The minimum absolute atomic E-state index is 0.00389. The minimum Gasteiger partial charge on any atom is -0.481 e. The van der Waals surface area contributed by atoms with Crippen molar-refractivity contribution in [1.29, 1.82) is 0 Å². The van der Waals surface area contributed by atoms with Crippen LogP contribution in [0.4, 0.5) is 0 Å². The SMILES string of the molecule is CCN(C(=O)CC1(CC(=O)O)CC1)C(C)c1cc2ccccc2o1. The molecule has 1 heterocycles. The monoisotopic (exact) mass is 329 g/mol. The molecule has 5 nitrogen and oxygen atoms in total. The second-order valence-corrected chi connectivity index (χ2v) is 6.79. The number of nitrogens with zero attached hydrogens (tertiary/aromatic N) is 1. The summed E-state index contributed by atoms with van der Waals surface area (Å²) in [6.07, 6.45) is 2.02. The second-order valence-electron chi connectivity index (χ2n) is 6.79. The second kappa shape index (κ2) is 6.30. The highest BCUT2D eigenvalue weighted by molar-refractivity contribution is 5.80. The van der Waals surface area contributed by atoms with Gasteiger partial charge in [0, 0.05) is 18.4 Å². The molecule has 0 saturated heterocycles. The molecule has 1 fully saturated rings. The first kappa shape index (κ1) is 16.6. The molecule has 0 aliphatic heterocycles. The number of amides is 1. The highest BCUT2D eigenvalue weighted by atomic mass is 16.4. The Hall–Kier alpha value is -2.30. The van der Waals surface area contributed by atoms with E-state index in [2.05, 4.69) is 0 Å². The van der Waals surface area contributed by atoms with E-state index in [1.807, 2.05) is 44.2 Å². The quantitative estimate of drug-likeness (QED) is 0.834. The summed E-state index contributed by atoms with van der Waals surface area (Å²) in [5.74, 6) is -0.0626. The van der Waals surface area contributed by atoms with Crippen LogP contribution in [0.15, 0.2) is 34.7 Å². The smallest absolute Gasteiger partial charge is 0.303 e. The normalized spacial score (nSPS) is 16.8. The summed E-state index contributed by atoms with van der Waals surface area (Å²) in [6, 6.07) is 9.58. The number of aliphatic carboxylic acids is 1. The van der Waals surface area contributed by atoms with E-state index in [-0.39, 0.29) is 23.8 Å². The number of rotatable bonds is 7. The van der Waals surface area contributed by atoms with Gasteiger partial charge in [0.1, 0.15) is 11.3 Å². The lowest BCUT2D eigenvalue weighted by Gasteiger charge is -2.28. The van der Waals surface area contributed by atoms with Crippen LogP contribution >= 0.6 is 0 Å². The van der Waals surface area contributed by atoms with Crippen LogP contribution in [-0.4, -0.2) is 28.4 Å². The Morgan fingerprint density at radius 2 is 2.00 bits per heavy atom. The van der Waals surface area contributed by atoms with Crippen LogP contribution in [-0.2, 0) is 9.59 Å². The summed E-state index contributed by atoms with van der Waals surface area (Å²) >= 11 is 0. The molecule has 1 aliphatic rings. The number of hydrogen-bond acceptors (Lipinski definition) is 3. The van der Waals surface area contributed by atoms with E-state index in [1.54, 1.807) is 4.90 Å². The number of carboxylic acids is 1. The number of carbonyl (C=O) groups is 2. The van der Waals surface area contributed by atoms with E-state index in [0.717, 1.165) is 29.6 Å². The van der Waals surface area contributed by atoms with Gasteiger partial charge in [0.05, 0.1) is 12.5 Å². The lowest BCUT2D eigenvalue weighted by Crippen LogP contribution is -2.35. The molecule has 0 bridgehead atoms. The van der Waals surface area contributed by atoms with E-state index in [1.165, 1.54) is 0 Å². The first-order valence-corrected chi connectivity index (χ1v) is 8.44. The summed E-state index contributed by atoms with van der Waals surface area (Å²) in [5.41, 5.74) is 0.483. The average Bonchev–Trinajstić information content (AvgIpc) is 3.12. The van der Waals surface area contributed by atoms with Crippen LogP contribution in [0.1, 0.15) is 51.3 Å². The minimum atomic E-state index is -0.825. The summed E-state index contributed by atoms with van der Waals surface area (Å²) in [6.45, 7) is 4.46. The van der Waals surface area contributed by atoms with Crippen molar-refractivity contribution in [2.75, 3.05) is 6.54 Å². The molecular formula is C19H23NO4. The standard InChI is InChI=1S/C19H23NO4/c1-3-20(17(21)11-19(8-9-19)12-18(22)23)13(2)16-10-14-6-4-5-7-15(14)24-16/h4-7,10,13H,3,8-9,11-12H2,1-2H3,(H,22,23). The number of carboxylic acid groups (broad SMARTS) is 1. The fourth-order valence-corrected chi connectivity index (χ4v) is 3.36. The van der Waals surface area contributed by atoms with Gasteiger partial charge in [-0.15, -0.1) is 0 Å². The van der Waals surface area contributed by atoms with Crippen LogP contribution in [0, 0.1) is 5.41 Å². The fraction of sp³-hybridized carbons (Fsp3) is 0.474. The summed E-state index contributed by atoms with van der Waals surface area (Å²) in [5, 5.41) is 10.0. The zero-order valence-electron chi connectivity index (χ0n) is 14.1. The first-order valence-electron chi connectivity index (χ1n) is 8.44. The van der Waals surface area contributed by atoms with Crippen LogP contribution in [0.2, 0.25) is 0 Å². The number of hydrogen-bond donors (Lipinski definition) is 1. The van der Waals surface area contributed by atoms with Gasteiger partial charge in [-0.3, -0.25) is 9.59 Å². The van der Waals surface area contributed by atoms with Gasteiger partial charge < -0.3 is 14.4 Å². The Labute approximate surface area is 141 Å². The lowest BCUT2D eigenvalue weighted by molar-refractivity contribution is -0.139. The molecule has 2 aromatic rings. The maximum absolute atomic E-state index is 12.7. The topological polar surface area (TPSA) is 70.8 Å². The molecular weight excluding hydrogens is 306 g/mol. The van der Waals surface area contributed by atoms with Crippen molar-refractivity contribution >= 4 is 22.8 Å². The van der Waals surface area contributed by atoms with Crippen molar-refractivity contribution < 1.29 is 19.1 Å². The van der Waals surface area contributed by atoms with E-state index < -0.39 is 5.97 Å². The van der Waals surface area contributed by atoms with Gasteiger partial charge >= 0.3 is 5.97 Å². The highest BCUT2D eigenvalue weighted by Crippen LogP contribution is 2.52. The molecule has 1 unspecified atom stereocenters. The van der Waals surface area contributed by atoms with Crippen LogP contribution in [0.5, 0.6) is 0 Å². The number of fused-ring (bicyclic) bond motifs is 1. The van der Waals surface area contributed by atoms with E-state index >= 15 is 0 Å². The molecule has 128 valence electrons. The number of para-hydroxylation sites is 1. The summed E-state index contributed by atoms with van der Waals surface area (Å²) in [4.78, 5) is 25.5.